The molecule has 1 N–H and O–H groups in total. The van der Waals surface area contributed by atoms with Gasteiger partial charge in [-0.25, -0.2) is 0 Å². The Morgan fingerprint density at radius 2 is 1.68 bits per heavy atom. The van der Waals surface area contributed by atoms with Crippen LogP contribution in [0, 0.1) is 0 Å². The van der Waals surface area contributed by atoms with Crippen LogP contribution in [0.5, 0.6) is 0 Å². The number of nitrogens with zero attached hydrogens (tertiary/aromatic N) is 2. The van der Waals surface area contributed by atoms with Gasteiger partial charge >= 0.3 is 0 Å². The topological polar surface area (TPSA) is 52.7 Å². The van der Waals surface area contributed by atoms with Crippen molar-refractivity contribution >= 4 is 23.4 Å². The Morgan fingerprint density at radius 1 is 0.929 bits per heavy atom. The minimum absolute atomic E-state index is 0.0953. The summed E-state index contributed by atoms with van der Waals surface area (Å²) < 4.78 is 0. The Kier molecular flexibility index (Phi) is 7.46. The zero-order valence-corrected chi connectivity index (χ0v) is 16.7. The van der Waals surface area contributed by atoms with Crippen LogP contribution in [-0.4, -0.2) is 54.3 Å². The van der Waals surface area contributed by atoms with Crippen LogP contribution in [-0.2, 0) is 11.3 Å². The van der Waals surface area contributed by atoms with Gasteiger partial charge in [-0.3, -0.25) is 14.5 Å². The predicted molar refractivity (Wildman–Crippen MR) is 111 cm³/mol. The molecule has 28 heavy (non-hydrogen) atoms. The average molecular weight is 400 g/mol. The largest absolute Gasteiger partial charge is 0.352 e. The molecule has 3 rings (SSSR count). The van der Waals surface area contributed by atoms with E-state index in [9.17, 15) is 9.59 Å². The zero-order chi connectivity index (χ0) is 19.8. The minimum atomic E-state index is -0.186. The quantitative estimate of drug-likeness (QED) is 0.811. The molecule has 0 saturated carbocycles. The number of carbonyl (C=O) groups is 2. The molecule has 0 spiro atoms. The van der Waals surface area contributed by atoms with Crippen molar-refractivity contribution in [1.82, 2.24) is 15.1 Å². The fraction of sp³-hybridized carbons (Fsp3) is 0.364. The summed E-state index contributed by atoms with van der Waals surface area (Å²) >= 11 is 5.83. The highest BCUT2D eigenvalue weighted by Crippen LogP contribution is 2.11. The molecule has 1 saturated heterocycles. The third-order valence-corrected chi connectivity index (χ3v) is 5.17. The normalized spacial score (nSPS) is 15.1. The van der Waals surface area contributed by atoms with Crippen LogP contribution in [0.2, 0.25) is 5.02 Å². The molecule has 1 aliphatic heterocycles. The third-order valence-electron chi connectivity index (χ3n) is 4.92. The molecule has 1 aliphatic rings. The van der Waals surface area contributed by atoms with E-state index < -0.39 is 0 Å². The Hall–Kier alpha value is -2.37. The van der Waals surface area contributed by atoms with E-state index in [1.165, 1.54) is 5.56 Å². The molecule has 2 aromatic carbocycles. The molecular weight excluding hydrogens is 374 g/mol. The van der Waals surface area contributed by atoms with Gasteiger partial charge in [-0.15, -0.1) is 0 Å². The van der Waals surface area contributed by atoms with Crippen molar-refractivity contribution in [2.24, 2.45) is 0 Å². The van der Waals surface area contributed by atoms with E-state index in [0.717, 1.165) is 39.1 Å². The Balaban J connectivity index is 1.41. The highest BCUT2D eigenvalue weighted by Gasteiger charge is 2.19. The molecule has 0 aliphatic carbocycles. The Morgan fingerprint density at radius 3 is 2.43 bits per heavy atom. The number of amides is 2. The number of carbonyl (C=O) groups excluding carboxylic acids is 2. The molecule has 0 aromatic heterocycles. The molecule has 1 fully saturated rings. The van der Waals surface area contributed by atoms with Crippen LogP contribution in [0.1, 0.15) is 28.8 Å². The first kappa shape index (κ1) is 20.4. The molecule has 0 radical (unpaired) electrons. The van der Waals surface area contributed by atoms with Crippen LogP contribution in [0.3, 0.4) is 0 Å². The van der Waals surface area contributed by atoms with Crippen molar-refractivity contribution in [3.05, 3.63) is 70.7 Å². The average Bonchev–Trinajstić information content (AvgIpc) is 2.95. The summed E-state index contributed by atoms with van der Waals surface area (Å²) in [6, 6.07) is 17.1. The molecule has 6 heteroatoms. The first-order valence-corrected chi connectivity index (χ1v) is 10.1. The van der Waals surface area contributed by atoms with E-state index in [1.54, 1.807) is 24.3 Å². The summed E-state index contributed by atoms with van der Waals surface area (Å²) in [7, 11) is 0. The predicted octanol–water partition coefficient (Wildman–Crippen LogP) is 3.19. The molecule has 5 nitrogen and oxygen atoms in total. The highest BCUT2D eigenvalue weighted by atomic mass is 35.5. The molecule has 0 bridgehead atoms. The number of rotatable bonds is 6. The maximum absolute atomic E-state index is 12.5. The highest BCUT2D eigenvalue weighted by molar-refractivity contribution is 6.30. The van der Waals surface area contributed by atoms with Crippen molar-refractivity contribution in [3.63, 3.8) is 0 Å². The number of hydrogen-bond acceptors (Lipinski definition) is 3. The maximum Gasteiger partial charge on any atom is 0.251 e. The minimum Gasteiger partial charge on any atom is -0.352 e. The van der Waals surface area contributed by atoms with Gasteiger partial charge in [0.15, 0.2) is 0 Å². The number of benzene rings is 2. The van der Waals surface area contributed by atoms with Crippen LogP contribution in [0.4, 0.5) is 0 Å². The molecule has 0 atom stereocenters. The van der Waals surface area contributed by atoms with Gasteiger partial charge in [0.2, 0.25) is 5.91 Å². The molecule has 2 amide bonds. The van der Waals surface area contributed by atoms with E-state index >= 15 is 0 Å². The lowest BCUT2D eigenvalue weighted by Gasteiger charge is -2.22. The van der Waals surface area contributed by atoms with E-state index in [0.29, 0.717) is 23.6 Å². The van der Waals surface area contributed by atoms with Crippen molar-refractivity contribution in [2.75, 3.05) is 32.7 Å². The van der Waals surface area contributed by atoms with Crippen molar-refractivity contribution in [3.8, 4) is 0 Å². The van der Waals surface area contributed by atoms with Crippen molar-refractivity contribution in [1.29, 1.82) is 0 Å². The summed E-state index contributed by atoms with van der Waals surface area (Å²) in [6.07, 6.45) is 1.29. The second-order valence-electron chi connectivity index (χ2n) is 7.01. The van der Waals surface area contributed by atoms with Gasteiger partial charge in [0.05, 0.1) is 0 Å². The van der Waals surface area contributed by atoms with Gasteiger partial charge in [-0.2, -0.15) is 0 Å². The van der Waals surface area contributed by atoms with Crippen LogP contribution in [0.15, 0.2) is 54.6 Å². The van der Waals surface area contributed by atoms with Gasteiger partial charge in [-0.1, -0.05) is 41.9 Å². The van der Waals surface area contributed by atoms with Gasteiger partial charge in [0.1, 0.15) is 0 Å². The van der Waals surface area contributed by atoms with Crippen LogP contribution in [0.25, 0.3) is 0 Å². The van der Waals surface area contributed by atoms with Gasteiger partial charge < -0.3 is 10.2 Å². The summed E-state index contributed by atoms with van der Waals surface area (Å²) in [4.78, 5) is 28.9. The first-order chi connectivity index (χ1) is 13.6. The van der Waals surface area contributed by atoms with Crippen LogP contribution >= 0.6 is 11.6 Å². The molecular formula is C22H26ClN3O2. The van der Waals surface area contributed by atoms with E-state index in [1.807, 2.05) is 11.0 Å². The SMILES string of the molecule is O=C(NCCC(=O)N1CCCN(Cc2ccccc2)CC1)c1ccc(Cl)cc1. The van der Waals surface area contributed by atoms with Crippen molar-refractivity contribution in [2.45, 2.75) is 19.4 Å². The standard InChI is InChI=1S/C22H26ClN3O2/c23-20-9-7-19(8-10-20)22(28)24-12-11-21(27)26-14-4-13-25(15-16-26)17-18-5-2-1-3-6-18/h1-3,5-10H,4,11-17H2,(H,24,28). The fourth-order valence-electron chi connectivity index (χ4n) is 3.36. The Labute approximate surface area is 171 Å². The summed E-state index contributed by atoms with van der Waals surface area (Å²) in [5.74, 6) is -0.0904. The number of halogens is 1. The second-order valence-corrected chi connectivity index (χ2v) is 7.45. The fourth-order valence-corrected chi connectivity index (χ4v) is 3.49. The maximum atomic E-state index is 12.5. The Bertz CT molecular complexity index is 780. The molecule has 2 aromatic rings. The smallest absolute Gasteiger partial charge is 0.251 e. The van der Waals surface area contributed by atoms with E-state index in [-0.39, 0.29) is 11.8 Å². The number of nitrogens with one attached hydrogen (secondary N) is 1. The monoisotopic (exact) mass is 399 g/mol. The number of hydrogen-bond donors (Lipinski definition) is 1. The lowest BCUT2D eigenvalue weighted by molar-refractivity contribution is -0.130. The summed E-state index contributed by atoms with van der Waals surface area (Å²) in [5, 5.41) is 3.40. The van der Waals surface area contributed by atoms with E-state index in [4.69, 9.17) is 11.6 Å². The molecule has 148 valence electrons. The van der Waals surface area contributed by atoms with Gasteiger partial charge in [-0.05, 0) is 36.2 Å². The first-order valence-electron chi connectivity index (χ1n) is 9.69. The molecule has 0 unspecified atom stereocenters. The van der Waals surface area contributed by atoms with E-state index in [2.05, 4.69) is 34.5 Å². The summed E-state index contributed by atoms with van der Waals surface area (Å²) in [5.41, 5.74) is 1.84. The second kappa shape index (κ2) is 10.2. The summed E-state index contributed by atoms with van der Waals surface area (Å²) in [6.45, 7) is 4.63. The lowest BCUT2D eigenvalue weighted by Crippen LogP contribution is -2.37. The van der Waals surface area contributed by atoms with Crippen molar-refractivity contribution < 1.29 is 9.59 Å². The zero-order valence-electron chi connectivity index (χ0n) is 15.9. The third kappa shape index (κ3) is 6.08. The van der Waals surface area contributed by atoms with Gasteiger partial charge in [0, 0.05) is 56.3 Å². The lowest BCUT2D eigenvalue weighted by atomic mass is 10.2. The van der Waals surface area contributed by atoms with Crippen LogP contribution < -0.4 is 5.32 Å². The molecule has 1 heterocycles. The van der Waals surface area contributed by atoms with Gasteiger partial charge in [0.25, 0.3) is 5.91 Å².